The quantitative estimate of drug-likeness (QED) is 0.745. The standard InChI is InChI=1S/C19H23NO3/c1-12-14-10-11-15(20(14)18(22)23-19(2,3)4)16(17(12)21)13-8-6-5-7-9-13/h5-12,14-16H,1-4H3/t12-,14-,15+,16+/m1/s1. The van der Waals surface area contributed by atoms with Crippen LogP contribution >= 0.6 is 0 Å². The van der Waals surface area contributed by atoms with Crippen molar-refractivity contribution in [2.45, 2.75) is 51.3 Å². The highest BCUT2D eigenvalue weighted by Gasteiger charge is 2.51. The van der Waals surface area contributed by atoms with E-state index in [1.807, 2.05) is 70.2 Å². The Balaban J connectivity index is 1.95. The molecule has 4 heteroatoms. The Hall–Kier alpha value is -2.10. The minimum atomic E-state index is -0.552. The van der Waals surface area contributed by atoms with Crippen molar-refractivity contribution in [3.8, 4) is 0 Å². The summed E-state index contributed by atoms with van der Waals surface area (Å²) in [7, 11) is 0. The molecule has 4 atom stereocenters. The van der Waals surface area contributed by atoms with Gasteiger partial charge in [0.1, 0.15) is 11.4 Å². The Morgan fingerprint density at radius 3 is 2.30 bits per heavy atom. The highest BCUT2D eigenvalue weighted by Crippen LogP contribution is 2.41. The predicted molar refractivity (Wildman–Crippen MR) is 88.1 cm³/mol. The number of benzene rings is 1. The van der Waals surface area contributed by atoms with E-state index in [1.54, 1.807) is 4.90 Å². The van der Waals surface area contributed by atoms with Crippen LogP contribution in [-0.2, 0) is 9.53 Å². The molecule has 0 spiro atoms. The van der Waals surface area contributed by atoms with E-state index in [1.165, 1.54) is 0 Å². The Kier molecular flexibility index (Phi) is 3.78. The number of fused-ring (bicyclic) bond motifs is 2. The lowest BCUT2D eigenvalue weighted by Gasteiger charge is -2.42. The lowest BCUT2D eigenvalue weighted by atomic mass is 9.78. The number of hydrogen-bond donors (Lipinski definition) is 0. The molecule has 0 N–H and O–H groups in total. The van der Waals surface area contributed by atoms with Crippen molar-refractivity contribution in [1.82, 2.24) is 4.90 Å². The van der Waals surface area contributed by atoms with Crippen molar-refractivity contribution < 1.29 is 14.3 Å². The smallest absolute Gasteiger partial charge is 0.411 e. The third-order valence-corrected chi connectivity index (χ3v) is 4.52. The summed E-state index contributed by atoms with van der Waals surface area (Å²) in [4.78, 5) is 27.2. The third kappa shape index (κ3) is 2.78. The SMILES string of the molecule is C[C@H]1C(=O)[C@@H](c2ccccc2)[C@@H]2C=C[C@H]1N2C(=O)OC(C)(C)C. The summed E-state index contributed by atoms with van der Waals surface area (Å²) in [5.41, 5.74) is 0.400. The van der Waals surface area contributed by atoms with E-state index in [9.17, 15) is 9.59 Å². The molecule has 2 heterocycles. The largest absolute Gasteiger partial charge is 0.444 e. The monoisotopic (exact) mass is 313 g/mol. The van der Waals surface area contributed by atoms with Crippen LogP contribution in [0.1, 0.15) is 39.2 Å². The second kappa shape index (κ2) is 5.52. The molecule has 1 fully saturated rings. The Morgan fingerprint density at radius 1 is 1.09 bits per heavy atom. The second-order valence-electron chi connectivity index (χ2n) is 7.33. The molecule has 1 aromatic carbocycles. The highest BCUT2D eigenvalue weighted by molar-refractivity contribution is 5.93. The van der Waals surface area contributed by atoms with Gasteiger partial charge in [-0.05, 0) is 26.3 Å². The maximum atomic E-state index is 12.8. The molecule has 23 heavy (non-hydrogen) atoms. The van der Waals surface area contributed by atoms with Gasteiger partial charge in [0.25, 0.3) is 0 Å². The lowest BCUT2D eigenvalue weighted by molar-refractivity contribution is -0.129. The molecule has 122 valence electrons. The number of ether oxygens (including phenoxy) is 1. The van der Waals surface area contributed by atoms with Gasteiger partial charge in [0.2, 0.25) is 0 Å². The molecule has 2 aliphatic heterocycles. The molecule has 2 aliphatic rings. The summed E-state index contributed by atoms with van der Waals surface area (Å²) >= 11 is 0. The number of nitrogens with zero attached hydrogens (tertiary/aromatic N) is 1. The Morgan fingerprint density at radius 2 is 1.70 bits per heavy atom. The number of piperidine rings is 1. The van der Waals surface area contributed by atoms with Gasteiger partial charge in [-0.25, -0.2) is 4.79 Å². The van der Waals surface area contributed by atoms with E-state index in [0.717, 1.165) is 5.56 Å². The summed E-state index contributed by atoms with van der Waals surface area (Å²) < 4.78 is 5.56. The van der Waals surface area contributed by atoms with E-state index in [-0.39, 0.29) is 35.8 Å². The summed E-state index contributed by atoms with van der Waals surface area (Å²) in [6, 6.07) is 9.22. The maximum absolute atomic E-state index is 12.8. The second-order valence-corrected chi connectivity index (χ2v) is 7.33. The van der Waals surface area contributed by atoms with Crippen LogP contribution in [0.5, 0.6) is 0 Å². The summed E-state index contributed by atoms with van der Waals surface area (Å²) in [5.74, 6) is -0.368. The van der Waals surface area contributed by atoms with E-state index >= 15 is 0 Å². The van der Waals surface area contributed by atoms with Gasteiger partial charge in [-0.3, -0.25) is 9.69 Å². The molecule has 4 nitrogen and oxygen atoms in total. The van der Waals surface area contributed by atoms with E-state index in [2.05, 4.69) is 0 Å². The molecular formula is C19H23NO3. The van der Waals surface area contributed by atoms with Crippen LogP contribution in [0, 0.1) is 5.92 Å². The zero-order valence-corrected chi connectivity index (χ0v) is 14.0. The van der Waals surface area contributed by atoms with Crippen LogP contribution in [0.4, 0.5) is 4.79 Å². The minimum Gasteiger partial charge on any atom is -0.444 e. The van der Waals surface area contributed by atoms with E-state index in [4.69, 9.17) is 4.74 Å². The first-order chi connectivity index (χ1) is 10.8. The van der Waals surface area contributed by atoms with Gasteiger partial charge < -0.3 is 4.74 Å². The van der Waals surface area contributed by atoms with Crippen LogP contribution in [0.2, 0.25) is 0 Å². The molecule has 0 saturated carbocycles. The molecular weight excluding hydrogens is 290 g/mol. The molecule has 1 aromatic rings. The van der Waals surface area contributed by atoms with Gasteiger partial charge >= 0.3 is 6.09 Å². The van der Waals surface area contributed by atoms with Crippen molar-refractivity contribution in [1.29, 1.82) is 0 Å². The van der Waals surface area contributed by atoms with E-state index in [0.29, 0.717) is 0 Å². The number of rotatable bonds is 1. The number of Topliss-reactive ketones (excluding diaryl/α,β-unsaturated/α-hetero) is 1. The van der Waals surface area contributed by atoms with Gasteiger partial charge in [-0.15, -0.1) is 0 Å². The molecule has 0 radical (unpaired) electrons. The molecule has 3 rings (SSSR count). The maximum Gasteiger partial charge on any atom is 0.411 e. The van der Waals surface area contributed by atoms with Gasteiger partial charge in [0, 0.05) is 5.92 Å². The fourth-order valence-electron chi connectivity index (χ4n) is 3.49. The Labute approximate surface area is 137 Å². The minimum absolute atomic E-state index is 0.191. The molecule has 1 saturated heterocycles. The van der Waals surface area contributed by atoms with Crippen molar-refractivity contribution in [2.75, 3.05) is 0 Å². The van der Waals surface area contributed by atoms with Gasteiger partial charge in [-0.2, -0.15) is 0 Å². The molecule has 1 amide bonds. The van der Waals surface area contributed by atoms with Crippen LogP contribution in [0.15, 0.2) is 42.5 Å². The van der Waals surface area contributed by atoms with E-state index < -0.39 is 5.60 Å². The first-order valence-electron chi connectivity index (χ1n) is 8.08. The first-order valence-corrected chi connectivity index (χ1v) is 8.08. The summed E-state index contributed by atoms with van der Waals surface area (Å²) in [6.45, 7) is 7.46. The number of carbonyl (C=O) groups excluding carboxylic acids is 2. The molecule has 0 aromatic heterocycles. The van der Waals surface area contributed by atoms with Crippen molar-refractivity contribution in [3.05, 3.63) is 48.0 Å². The predicted octanol–water partition coefficient (Wildman–Crippen LogP) is 3.53. The zero-order chi connectivity index (χ0) is 16.8. The molecule has 0 unspecified atom stereocenters. The van der Waals surface area contributed by atoms with Crippen molar-refractivity contribution in [3.63, 3.8) is 0 Å². The highest BCUT2D eigenvalue weighted by atomic mass is 16.6. The first kappa shape index (κ1) is 15.8. The van der Waals surface area contributed by atoms with Gasteiger partial charge in [-0.1, -0.05) is 49.4 Å². The van der Waals surface area contributed by atoms with Crippen molar-refractivity contribution >= 4 is 11.9 Å². The normalized spacial score (nSPS) is 29.7. The third-order valence-electron chi connectivity index (χ3n) is 4.52. The zero-order valence-electron chi connectivity index (χ0n) is 14.0. The topological polar surface area (TPSA) is 46.6 Å². The number of ketones is 1. The summed E-state index contributed by atoms with van der Waals surface area (Å²) in [5, 5.41) is 0. The van der Waals surface area contributed by atoms with Crippen LogP contribution < -0.4 is 0 Å². The number of hydrogen-bond acceptors (Lipinski definition) is 3. The number of carbonyl (C=O) groups is 2. The molecule has 0 aliphatic carbocycles. The van der Waals surface area contributed by atoms with Gasteiger partial charge in [0.15, 0.2) is 0 Å². The Bertz CT molecular complexity index is 644. The fraction of sp³-hybridized carbons (Fsp3) is 0.474. The van der Waals surface area contributed by atoms with Gasteiger partial charge in [0.05, 0.1) is 18.0 Å². The number of amides is 1. The lowest BCUT2D eigenvalue weighted by Crippen LogP contribution is -2.56. The van der Waals surface area contributed by atoms with Crippen LogP contribution in [-0.4, -0.2) is 34.5 Å². The average molecular weight is 313 g/mol. The van der Waals surface area contributed by atoms with Crippen LogP contribution in [0.25, 0.3) is 0 Å². The average Bonchev–Trinajstić information content (AvgIpc) is 2.85. The molecule has 2 bridgehead atoms. The summed E-state index contributed by atoms with van der Waals surface area (Å²) in [6.07, 6.45) is 3.60. The van der Waals surface area contributed by atoms with Crippen LogP contribution in [0.3, 0.4) is 0 Å². The van der Waals surface area contributed by atoms with Crippen molar-refractivity contribution in [2.24, 2.45) is 5.92 Å². The fourth-order valence-corrected chi connectivity index (χ4v) is 3.49.